The minimum absolute atomic E-state index is 0.332. The number of nitrogens with zero attached hydrogens (tertiary/aromatic N) is 1. The number of aryl methyl sites for hydroxylation is 1. The molecule has 2 aromatic rings. The molecular formula is C22H28N2O5S. The van der Waals surface area contributed by atoms with Crippen LogP contribution < -0.4 is 19.1 Å². The van der Waals surface area contributed by atoms with E-state index in [9.17, 15) is 13.2 Å². The molecule has 0 fully saturated rings. The third-order valence-electron chi connectivity index (χ3n) is 5.01. The van der Waals surface area contributed by atoms with Gasteiger partial charge in [0.15, 0.2) is 11.5 Å². The zero-order valence-corrected chi connectivity index (χ0v) is 18.5. The molecule has 2 aromatic carbocycles. The van der Waals surface area contributed by atoms with E-state index in [4.69, 9.17) is 9.47 Å². The molecule has 8 heteroatoms. The van der Waals surface area contributed by atoms with Crippen molar-refractivity contribution in [3.63, 3.8) is 0 Å². The highest BCUT2D eigenvalue weighted by Crippen LogP contribution is 2.32. The molecule has 162 valence electrons. The van der Waals surface area contributed by atoms with Crippen molar-refractivity contribution < 1.29 is 22.7 Å². The number of hydrogen-bond donors (Lipinski definition) is 1. The fourth-order valence-electron chi connectivity index (χ4n) is 3.55. The molecule has 7 nitrogen and oxygen atoms in total. The molecule has 0 saturated heterocycles. The first-order valence-electron chi connectivity index (χ1n) is 9.96. The molecule has 3 rings (SSSR count). The summed E-state index contributed by atoms with van der Waals surface area (Å²) in [7, 11) is -3.67. The lowest BCUT2D eigenvalue weighted by atomic mass is 10.1. The molecule has 1 amide bonds. The fraction of sp³-hybridized carbons (Fsp3) is 0.409. The summed E-state index contributed by atoms with van der Waals surface area (Å²) in [6.45, 7) is 6.53. The second-order valence-corrected chi connectivity index (χ2v) is 9.31. The summed E-state index contributed by atoms with van der Waals surface area (Å²) in [5, 5.41) is 2.95. The maximum absolute atomic E-state index is 13.1. The molecule has 0 spiro atoms. The van der Waals surface area contributed by atoms with Crippen LogP contribution in [0, 0.1) is 6.92 Å². The van der Waals surface area contributed by atoms with Crippen molar-refractivity contribution in [1.29, 1.82) is 0 Å². The predicted octanol–water partition coefficient (Wildman–Crippen LogP) is 3.19. The zero-order chi connectivity index (χ0) is 21.9. The number of nitrogens with one attached hydrogen (secondary N) is 1. The van der Waals surface area contributed by atoms with Gasteiger partial charge in [0, 0.05) is 0 Å². The standard InChI is InChI=1S/C22H28N2O5S/c1-5-19(24(30(4,26)27)18-8-6-7-15(2)13-18)22(25)23-16(3)17-9-10-20-21(14-17)29-12-11-28-20/h6-10,13-14,16,19H,5,11-12H2,1-4H3,(H,23,25)/t16-,19+/m1/s1. The minimum Gasteiger partial charge on any atom is -0.486 e. The van der Waals surface area contributed by atoms with Gasteiger partial charge in [-0.05, 0) is 55.7 Å². The number of carbonyl (C=O) groups is 1. The van der Waals surface area contributed by atoms with E-state index < -0.39 is 16.1 Å². The highest BCUT2D eigenvalue weighted by molar-refractivity contribution is 7.92. The van der Waals surface area contributed by atoms with E-state index in [0.717, 1.165) is 17.4 Å². The third kappa shape index (κ3) is 4.87. The van der Waals surface area contributed by atoms with Gasteiger partial charge in [-0.2, -0.15) is 0 Å². The second kappa shape index (κ2) is 8.95. The number of rotatable bonds is 7. The monoisotopic (exact) mass is 432 g/mol. The maximum atomic E-state index is 13.1. The van der Waals surface area contributed by atoms with Gasteiger partial charge >= 0.3 is 0 Å². The normalized spacial score (nSPS) is 15.2. The number of amides is 1. The van der Waals surface area contributed by atoms with Gasteiger partial charge in [0.2, 0.25) is 15.9 Å². The van der Waals surface area contributed by atoms with Crippen molar-refractivity contribution in [3.05, 3.63) is 53.6 Å². The fourth-order valence-corrected chi connectivity index (χ4v) is 4.75. The minimum atomic E-state index is -3.67. The van der Waals surface area contributed by atoms with Crippen molar-refractivity contribution in [2.75, 3.05) is 23.8 Å². The van der Waals surface area contributed by atoms with Crippen LogP contribution in [-0.4, -0.2) is 39.8 Å². The Morgan fingerprint density at radius 1 is 1.13 bits per heavy atom. The molecule has 0 radical (unpaired) electrons. The molecule has 1 aliphatic heterocycles. The van der Waals surface area contributed by atoms with Gasteiger partial charge in [-0.3, -0.25) is 9.10 Å². The van der Waals surface area contributed by atoms with E-state index in [-0.39, 0.29) is 11.9 Å². The van der Waals surface area contributed by atoms with Gasteiger partial charge in [0.25, 0.3) is 0 Å². The van der Waals surface area contributed by atoms with Crippen molar-refractivity contribution in [2.24, 2.45) is 0 Å². The number of hydrogen-bond acceptors (Lipinski definition) is 5. The Hall–Kier alpha value is -2.74. The lowest BCUT2D eigenvalue weighted by Gasteiger charge is -2.31. The van der Waals surface area contributed by atoms with Crippen LogP contribution in [0.3, 0.4) is 0 Å². The highest BCUT2D eigenvalue weighted by atomic mass is 32.2. The molecule has 0 saturated carbocycles. The van der Waals surface area contributed by atoms with Gasteiger partial charge < -0.3 is 14.8 Å². The Kier molecular flexibility index (Phi) is 6.55. The van der Waals surface area contributed by atoms with Crippen molar-refractivity contribution in [1.82, 2.24) is 5.32 Å². The maximum Gasteiger partial charge on any atom is 0.244 e. The van der Waals surface area contributed by atoms with Crippen LogP contribution in [0.4, 0.5) is 5.69 Å². The molecule has 1 N–H and O–H groups in total. The van der Waals surface area contributed by atoms with Crippen LogP contribution in [0.2, 0.25) is 0 Å². The van der Waals surface area contributed by atoms with Crippen LogP contribution in [0.1, 0.15) is 37.4 Å². The van der Waals surface area contributed by atoms with Gasteiger partial charge in [-0.25, -0.2) is 8.42 Å². The summed E-state index contributed by atoms with van der Waals surface area (Å²) < 4.78 is 37.5. The SMILES string of the molecule is CC[C@@H](C(=O)N[C@H](C)c1ccc2c(c1)OCCO2)N(c1cccc(C)c1)S(C)(=O)=O. The Morgan fingerprint density at radius 3 is 2.47 bits per heavy atom. The summed E-state index contributed by atoms with van der Waals surface area (Å²) in [4.78, 5) is 13.1. The molecule has 0 bridgehead atoms. The molecule has 0 aliphatic carbocycles. The number of sulfonamides is 1. The summed E-state index contributed by atoms with van der Waals surface area (Å²) in [5.74, 6) is 0.967. The number of benzene rings is 2. The Morgan fingerprint density at radius 2 is 1.83 bits per heavy atom. The average molecular weight is 433 g/mol. The highest BCUT2D eigenvalue weighted by Gasteiger charge is 2.32. The van der Waals surface area contributed by atoms with Gasteiger partial charge in [-0.15, -0.1) is 0 Å². The van der Waals surface area contributed by atoms with Crippen molar-refractivity contribution in [2.45, 2.75) is 39.3 Å². The van der Waals surface area contributed by atoms with Crippen LogP contribution in [-0.2, 0) is 14.8 Å². The number of carbonyl (C=O) groups excluding carboxylic acids is 1. The lowest BCUT2D eigenvalue weighted by Crippen LogP contribution is -2.49. The van der Waals surface area contributed by atoms with Crippen LogP contribution >= 0.6 is 0 Å². The number of fused-ring (bicyclic) bond motifs is 1. The van der Waals surface area contributed by atoms with Crippen molar-refractivity contribution in [3.8, 4) is 11.5 Å². The summed E-state index contributed by atoms with van der Waals surface area (Å²) in [5.41, 5.74) is 2.25. The topological polar surface area (TPSA) is 84.9 Å². The molecule has 1 aliphatic rings. The van der Waals surface area contributed by atoms with E-state index >= 15 is 0 Å². The Labute approximate surface area is 178 Å². The Balaban J connectivity index is 1.83. The summed E-state index contributed by atoms with van der Waals surface area (Å²) in [6, 6.07) is 11.5. The first-order valence-corrected chi connectivity index (χ1v) is 11.8. The van der Waals surface area contributed by atoms with Crippen LogP contribution in [0.5, 0.6) is 11.5 Å². The van der Waals surface area contributed by atoms with Gasteiger partial charge in [0.1, 0.15) is 19.3 Å². The van der Waals surface area contributed by atoms with Crippen LogP contribution in [0.15, 0.2) is 42.5 Å². The first-order chi connectivity index (χ1) is 14.2. The van der Waals surface area contributed by atoms with E-state index in [2.05, 4.69) is 5.32 Å². The van der Waals surface area contributed by atoms with E-state index in [1.54, 1.807) is 25.1 Å². The zero-order valence-electron chi connectivity index (χ0n) is 17.7. The van der Waals surface area contributed by atoms with Crippen molar-refractivity contribution >= 4 is 21.6 Å². The first kappa shape index (κ1) is 22.0. The molecule has 0 aromatic heterocycles. The quantitative estimate of drug-likeness (QED) is 0.726. The molecule has 1 heterocycles. The molecule has 0 unspecified atom stereocenters. The van der Waals surface area contributed by atoms with E-state index in [1.807, 2.05) is 38.1 Å². The van der Waals surface area contributed by atoms with Gasteiger partial charge in [0.05, 0.1) is 18.0 Å². The molecular weight excluding hydrogens is 404 g/mol. The predicted molar refractivity (Wildman–Crippen MR) is 117 cm³/mol. The second-order valence-electron chi connectivity index (χ2n) is 7.46. The summed E-state index contributed by atoms with van der Waals surface area (Å²) in [6.07, 6.45) is 1.45. The van der Waals surface area contributed by atoms with Crippen LogP contribution in [0.25, 0.3) is 0 Å². The van der Waals surface area contributed by atoms with E-state index in [1.165, 1.54) is 4.31 Å². The smallest absolute Gasteiger partial charge is 0.244 e. The Bertz CT molecular complexity index is 1020. The average Bonchev–Trinajstić information content (AvgIpc) is 2.70. The number of anilines is 1. The summed E-state index contributed by atoms with van der Waals surface area (Å²) >= 11 is 0. The third-order valence-corrected chi connectivity index (χ3v) is 6.19. The molecule has 30 heavy (non-hydrogen) atoms. The largest absolute Gasteiger partial charge is 0.486 e. The number of ether oxygens (including phenoxy) is 2. The van der Waals surface area contributed by atoms with E-state index in [0.29, 0.717) is 36.8 Å². The lowest BCUT2D eigenvalue weighted by molar-refractivity contribution is -0.122. The molecule has 2 atom stereocenters. The van der Waals surface area contributed by atoms with Gasteiger partial charge in [-0.1, -0.05) is 25.1 Å².